The SMILES string of the molecule is C=CC(=O)NC1CC(C(=O)Nc2ccc(Oc3ccc(C(F)(F)F)cn3)c(Cl)c2)C1. The zero-order valence-electron chi connectivity index (χ0n) is 15.5. The normalized spacial score (nSPS) is 18.1. The highest BCUT2D eigenvalue weighted by atomic mass is 35.5. The van der Waals surface area contributed by atoms with Crippen LogP contribution in [0.15, 0.2) is 49.2 Å². The fourth-order valence-corrected chi connectivity index (χ4v) is 3.06. The Balaban J connectivity index is 1.56. The minimum Gasteiger partial charge on any atom is -0.437 e. The lowest BCUT2D eigenvalue weighted by Gasteiger charge is -2.34. The number of nitrogens with one attached hydrogen (secondary N) is 2. The van der Waals surface area contributed by atoms with E-state index in [1.165, 1.54) is 18.2 Å². The Morgan fingerprint density at radius 2 is 1.97 bits per heavy atom. The van der Waals surface area contributed by atoms with Crippen LogP contribution in [0, 0.1) is 5.92 Å². The van der Waals surface area contributed by atoms with Crippen LogP contribution in [0.4, 0.5) is 18.9 Å². The molecule has 0 radical (unpaired) electrons. The number of pyridine rings is 1. The molecule has 2 aromatic rings. The van der Waals surface area contributed by atoms with Crippen molar-refractivity contribution in [3.05, 3.63) is 59.8 Å². The number of amides is 2. The van der Waals surface area contributed by atoms with Gasteiger partial charge in [-0.3, -0.25) is 9.59 Å². The van der Waals surface area contributed by atoms with Gasteiger partial charge < -0.3 is 15.4 Å². The van der Waals surface area contributed by atoms with Crippen LogP contribution in [-0.4, -0.2) is 22.8 Å². The van der Waals surface area contributed by atoms with Crippen molar-refractivity contribution in [2.24, 2.45) is 5.92 Å². The summed E-state index contributed by atoms with van der Waals surface area (Å²) in [5.74, 6) is -0.579. The number of benzene rings is 1. The summed E-state index contributed by atoms with van der Waals surface area (Å²) in [5.41, 5.74) is -0.447. The number of hydrogen-bond acceptors (Lipinski definition) is 4. The topological polar surface area (TPSA) is 80.3 Å². The molecular formula is C20H17ClF3N3O3. The molecule has 158 valence electrons. The molecule has 0 saturated heterocycles. The van der Waals surface area contributed by atoms with E-state index in [1.54, 1.807) is 6.07 Å². The second-order valence-electron chi connectivity index (χ2n) is 6.70. The average molecular weight is 440 g/mol. The number of rotatable bonds is 6. The second-order valence-corrected chi connectivity index (χ2v) is 7.10. The Bertz CT molecular complexity index is 958. The zero-order chi connectivity index (χ0) is 21.9. The lowest BCUT2D eigenvalue weighted by Crippen LogP contribution is -2.47. The molecule has 1 saturated carbocycles. The molecule has 2 N–H and O–H groups in total. The minimum atomic E-state index is -4.49. The Morgan fingerprint density at radius 3 is 2.53 bits per heavy atom. The van der Waals surface area contributed by atoms with Gasteiger partial charge in [-0.2, -0.15) is 13.2 Å². The van der Waals surface area contributed by atoms with E-state index in [1.807, 2.05) is 0 Å². The number of nitrogens with zero attached hydrogens (tertiary/aromatic N) is 1. The van der Waals surface area contributed by atoms with E-state index in [2.05, 4.69) is 22.2 Å². The fraction of sp³-hybridized carbons (Fsp3) is 0.250. The van der Waals surface area contributed by atoms with E-state index >= 15 is 0 Å². The van der Waals surface area contributed by atoms with Crippen molar-refractivity contribution in [1.29, 1.82) is 0 Å². The van der Waals surface area contributed by atoms with Crippen molar-refractivity contribution in [3.63, 3.8) is 0 Å². The Morgan fingerprint density at radius 1 is 1.23 bits per heavy atom. The van der Waals surface area contributed by atoms with Crippen LogP contribution in [0.5, 0.6) is 11.6 Å². The van der Waals surface area contributed by atoms with E-state index in [-0.39, 0.29) is 40.4 Å². The van der Waals surface area contributed by atoms with Crippen molar-refractivity contribution in [3.8, 4) is 11.6 Å². The van der Waals surface area contributed by atoms with Gasteiger partial charge in [0.05, 0.1) is 10.6 Å². The van der Waals surface area contributed by atoms with Crippen LogP contribution < -0.4 is 15.4 Å². The lowest BCUT2D eigenvalue weighted by atomic mass is 9.79. The molecule has 0 atom stereocenters. The Kier molecular flexibility index (Phi) is 6.31. The molecule has 6 nitrogen and oxygen atoms in total. The lowest BCUT2D eigenvalue weighted by molar-refractivity contribution is -0.137. The maximum absolute atomic E-state index is 12.6. The van der Waals surface area contributed by atoms with Gasteiger partial charge in [0.15, 0.2) is 0 Å². The van der Waals surface area contributed by atoms with Crippen molar-refractivity contribution < 1.29 is 27.5 Å². The van der Waals surface area contributed by atoms with Crippen LogP contribution in [0.25, 0.3) is 0 Å². The molecule has 1 aromatic heterocycles. The molecule has 0 spiro atoms. The molecule has 1 aliphatic carbocycles. The van der Waals surface area contributed by atoms with Crippen LogP contribution >= 0.6 is 11.6 Å². The molecular weight excluding hydrogens is 423 g/mol. The number of carbonyl (C=O) groups is 2. The van der Waals surface area contributed by atoms with E-state index in [9.17, 15) is 22.8 Å². The summed E-state index contributed by atoms with van der Waals surface area (Å²) in [6.07, 6.45) is -1.58. The summed E-state index contributed by atoms with van der Waals surface area (Å²) in [6.45, 7) is 3.37. The molecule has 2 amide bonds. The first-order valence-corrected chi connectivity index (χ1v) is 9.28. The smallest absolute Gasteiger partial charge is 0.417 e. The molecule has 30 heavy (non-hydrogen) atoms. The van der Waals surface area contributed by atoms with E-state index in [4.69, 9.17) is 16.3 Å². The third-order valence-electron chi connectivity index (χ3n) is 4.52. The summed E-state index contributed by atoms with van der Waals surface area (Å²) < 4.78 is 43.1. The zero-order valence-corrected chi connectivity index (χ0v) is 16.3. The largest absolute Gasteiger partial charge is 0.437 e. The van der Waals surface area contributed by atoms with Crippen molar-refractivity contribution in [2.75, 3.05) is 5.32 Å². The summed E-state index contributed by atoms with van der Waals surface area (Å²) >= 11 is 6.15. The molecule has 1 heterocycles. The van der Waals surface area contributed by atoms with Crippen LogP contribution in [0.2, 0.25) is 5.02 Å². The van der Waals surface area contributed by atoms with Crippen LogP contribution in [0.1, 0.15) is 18.4 Å². The van der Waals surface area contributed by atoms with Gasteiger partial charge in [-0.15, -0.1) is 0 Å². The Hall–Kier alpha value is -3.07. The van der Waals surface area contributed by atoms with Gasteiger partial charge in [0.2, 0.25) is 17.7 Å². The molecule has 10 heteroatoms. The van der Waals surface area contributed by atoms with Crippen molar-refractivity contribution >= 4 is 29.1 Å². The van der Waals surface area contributed by atoms with Gasteiger partial charge >= 0.3 is 6.18 Å². The number of halogens is 4. The molecule has 1 fully saturated rings. The number of alkyl halides is 3. The number of aromatic nitrogens is 1. The van der Waals surface area contributed by atoms with Gasteiger partial charge in [-0.25, -0.2) is 4.98 Å². The number of hydrogen-bond donors (Lipinski definition) is 2. The van der Waals surface area contributed by atoms with Gasteiger partial charge in [-0.05, 0) is 43.2 Å². The fourth-order valence-electron chi connectivity index (χ4n) is 2.84. The van der Waals surface area contributed by atoms with Crippen LogP contribution in [0.3, 0.4) is 0 Å². The molecule has 1 aliphatic rings. The molecule has 1 aromatic carbocycles. The van der Waals surface area contributed by atoms with Gasteiger partial charge in [0, 0.05) is 29.9 Å². The van der Waals surface area contributed by atoms with Gasteiger partial charge in [-0.1, -0.05) is 18.2 Å². The number of carbonyl (C=O) groups excluding carboxylic acids is 2. The summed E-state index contributed by atoms with van der Waals surface area (Å²) in [4.78, 5) is 27.1. The molecule has 0 bridgehead atoms. The van der Waals surface area contributed by atoms with Gasteiger partial charge in [0.1, 0.15) is 5.75 Å². The third kappa shape index (κ3) is 5.29. The predicted molar refractivity (Wildman–Crippen MR) is 104 cm³/mol. The van der Waals surface area contributed by atoms with E-state index < -0.39 is 11.7 Å². The predicted octanol–water partition coefficient (Wildman–Crippen LogP) is 4.57. The Labute approximate surface area is 175 Å². The molecule has 0 unspecified atom stereocenters. The summed E-state index contributed by atoms with van der Waals surface area (Å²) in [7, 11) is 0. The van der Waals surface area contributed by atoms with Crippen LogP contribution in [-0.2, 0) is 15.8 Å². The highest BCUT2D eigenvalue weighted by Gasteiger charge is 2.35. The second kappa shape index (κ2) is 8.74. The first kappa shape index (κ1) is 21.6. The molecule has 3 rings (SSSR count). The minimum absolute atomic E-state index is 0.0521. The van der Waals surface area contributed by atoms with Crippen molar-refractivity contribution in [1.82, 2.24) is 10.3 Å². The maximum atomic E-state index is 12.6. The van der Waals surface area contributed by atoms with E-state index in [0.29, 0.717) is 24.7 Å². The standard InChI is InChI=1S/C20H17ClF3N3O3/c1-2-17(28)26-14-7-11(8-14)19(29)27-13-4-5-16(15(21)9-13)30-18-6-3-12(10-25-18)20(22,23)24/h2-6,9-11,14H,1,7-8H2,(H,26,28)(H,27,29). The monoisotopic (exact) mass is 439 g/mol. The highest BCUT2D eigenvalue weighted by Crippen LogP contribution is 2.34. The summed E-state index contributed by atoms with van der Waals surface area (Å²) in [6, 6.07) is 6.39. The summed E-state index contributed by atoms with van der Waals surface area (Å²) in [5, 5.41) is 5.61. The third-order valence-corrected chi connectivity index (χ3v) is 4.81. The first-order valence-electron chi connectivity index (χ1n) is 8.90. The van der Waals surface area contributed by atoms with Gasteiger partial charge in [0.25, 0.3) is 0 Å². The number of ether oxygens (including phenoxy) is 1. The molecule has 0 aliphatic heterocycles. The van der Waals surface area contributed by atoms with E-state index in [0.717, 1.165) is 12.1 Å². The quantitative estimate of drug-likeness (QED) is 0.646. The van der Waals surface area contributed by atoms with Crippen molar-refractivity contribution in [2.45, 2.75) is 25.1 Å². The average Bonchev–Trinajstić information content (AvgIpc) is 2.65. The first-order chi connectivity index (χ1) is 14.2. The maximum Gasteiger partial charge on any atom is 0.417 e. The highest BCUT2D eigenvalue weighted by molar-refractivity contribution is 6.32. The number of anilines is 1.